The highest BCUT2D eigenvalue weighted by Gasteiger charge is 2.42. The molecule has 0 saturated carbocycles. The lowest BCUT2D eigenvalue weighted by Crippen LogP contribution is -2.41. The number of hydrogen-bond acceptors (Lipinski definition) is 6. The van der Waals surface area contributed by atoms with Crippen LogP contribution in [-0.4, -0.2) is 54.3 Å². The van der Waals surface area contributed by atoms with Gasteiger partial charge in [-0.25, -0.2) is 15.0 Å². The Morgan fingerprint density at radius 3 is 2.57 bits per heavy atom. The van der Waals surface area contributed by atoms with E-state index < -0.39 is 0 Å². The Bertz CT molecular complexity index is 638. The maximum Gasteiger partial charge on any atom is 0.225 e. The molecule has 2 fully saturated rings. The normalized spacial score (nSPS) is 24.9. The molecule has 6 heteroatoms. The molecular weight excluding hydrogens is 290 g/mol. The summed E-state index contributed by atoms with van der Waals surface area (Å²) in [7, 11) is 0. The van der Waals surface area contributed by atoms with Crippen LogP contribution in [0.1, 0.15) is 6.42 Å². The standard InChI is InChI=1S/C17H21N5O/c1-2-6-18-15(4-1)21-9-5-17(12-21)13-22(10-11-23-14-17)16-19-7-3-8-20-16/h1-4,6-8H,5,9-14H2/t17-/m1/s1. The molecule has 0 unspecified atom stereocenters. The van der Waals surface area contributed by atoms with Gasteiger partial charge in [0.05, 0.1) is 13.2 Å². The molecule has 4 heterocycles. The average Bonchev–Trinajstić information content (AvgIpc) is 2.91. The number of hydrogen-bond donors (Lipinski definition) is 0. The Kier molecular flexibility index (Phi) is 3.83. The molecule has 2 aromatic rings. The molecule has 2 aliphatic rings. The molecule has 1 atom stereocenters. The highest BCUT2D eigenvalue weighted by atomic mass is 16.5. The molecule has 23 heavy (non-hydrogen) atoms. The number of anilines is 2. The van der Waals surface area contributed by atoms with Gasteiger partial charge in [-0.1, -0.05) is 6.07 Å². The van der Waals surface area contributed by atoms with Crippen molar-refractivity contribution in [1.82, 2.24) is 15.0 Å². The zero-order valence-corrected chi connectivity index (χ0v) is 13.1. The quantitative estimate of drug-likeness (QED) is 0.840. The molecule has 0 bridgehead atoms. The van der Waals surface area contributed by atoms with Crippen molar-refractivity contribution in [1.29, 1.82) is 0 Å². The topological polar surface area (TPSA) is 54.4 Å². The summed E-state index contributed by atoms with van der Waals surface area (Å²) in [5, 5.41) is 0. The van der Waals surface area contributed by atoms with Gasteiger partial charge in [-0.3, -0.25) is 0 Å². The second-order valence-electron chi connectivity index (χ2n) is 6.38. The largest absolute Gasteiger partial charge is 0.379 e. The van der Waals surface area contributed by atoms with Gasteiger partial charge in [-0.15, -0.1) is 0 Å². The second-order valence-corrected chi connectivity index (χ2v) is 6.38. The van der Waals surface area contributed by atoms with Gasteiger partial charge >= 0.3 is 0 Å². The van der Waals surface area contributed by atoms with Gasteiger partial charge < -0.3 is 14.5 Å². The summed E-state index contributed by atoms with van der Waals surface area (Å²) in [5.74, 6) is 1.85. The van der Waals surface area contributed by atoms with Crippen LogP contribution in [0.25, 0.3) is 0 Å². The Balaban J connectivity index is 1.53. The zero-order valence-electron chi connectivity index (χ0n) is 13.1. The van der Waals surface area contributed by atoms with Crippen LogP contribution < -0.4 is 9.80 Å². The summed E-state index contributed by atoms with van der Waals surface area (Å²) in [6.07, 6.45) is 6.56. The summed E-state index contributed by atoms with van der Waals surface area (Å²) < 4.78 is 5.92. The van der Waals surface area contributed by atoms with Gasteiger partial charge in [0.15, 0.2) is 0 Å². The van der Waals surface area contributed by atoms with E-state index >= 15 is 0 Å². The van der Waals surface area contributed by atoms with Crippen LogP contribution in [0.5, 0.6) is 0 Å². The molecule has 0 aromatic carbocycles. The lowest BCUT2D eigenvalue weighted by atomic mass is 9.87. The minimum absolute atomic E-state index is 0.118. The highest BCUT2D eigenvalue weighted by Crippen LogP contribution is 2.35. The maximum atomic E-state index is 5.92. The molecule has 0 amide bonds. The van der Waals surface area contributed by atoms with Gasteiger partial charge in [0.1, 0.15) is 5.82 Å². The maximum absolute atomic E-state index is 5.92. The predicted octanol–water partition coefficient (Wildman–Crippen LogP) is 1.60. The van der Waals surface area contributed by atoms with E-state index in [1.54, 1.807) is 12.4 Å². The molecule has 6 nitrogen and oxygen atoms in total. The summed E-state index contributed by atoms with van der Waals surface area (Å²) in [6.45, 7) is 5.27. The van der Waals surface area contributed by atoms with Crippen molar-refractivity contribution < 1.29 is 4.74 Å². The van der Waals surface area contributed by atoms with Crippen molar-refractivity contribution in [2.75, 3.05) is 49.2 Å². The number of aromatic nitrogens is 3. The number of pyridine rings is 1. The van der Waals surface area contributed by atoms with Crippen molar-refractivity contribution in [3.63, 3.8) is 0 Å². The van der Waals surface area contributed by atoms with E-state index in [0.29, 0.717) is 0 Å². The first-order valence-corrected chi connectivity index (χ1v) is 8.10. The van der Waals surface area contributed by atoms with Crippen molar-refractivity contribution in [3.05, 3.63) is 42.9 Å². The van der Waals surface area contributed by atoms with Crippen LogP contribution in [0.4, 0.5) is 11.8 Å². The molecule has 120 valence electrons. The third-order valence-electron chi connectivity index (χ3n) is 4.69. The van der Waals surface area contributed by atoms with E-state index in [0.717, 1.165) is 57.6 Å². The smallest absolute Gasteiger partial charge is 0.225 e. The van der Waals surface area contributed by atoms with E-state index in [-0.39, 0.29) is 5.41 Å². The van der Waals surface area contributed by atoms with Gasteiger partial charge in [-0.05, 0) is 24.6 Å². The fourth-order valence-electron chi connectivity index (χ4n) is 3.54. The minimum atomic E-state index is 0.118. The monoisotopic (exact) mass is 311 g/mol. The van der Waals surface area contributed by atoms with Crippen molar-refractivity contribution >= 4 is 11.8 Å². The summed E-state index contributed by atoms with van der Waals surface area (Å²) in [5.41, 5.74) is 0.118. The Labute approximate surface area is 136 Å². The van der Waals surface area contributed by atoms with Crippen LogP contribution in [0.15, 0.2) is 42.9 Å². The van der Waals surface area contributed by atoms with Crippen molar-refractivity contribution in [2.45, 2.75) is 6.42 Å². The van der Waals surface area contributed by atoms with Crippen LogP contribution in [0.2, 0.25) is 0 Å². The average molecular weight is 311 g/mol. The Morgan fingerprint density at radius 1 is 0.913 bits per heavy atom. The number of nitrogens with zero attached hydrogens (tertiary/aromatic N) is 5. The molecular formula is C17H21N5O. The fraction of sp³-hybridized carbons (Fsp3) is 0.471. The predicted molar refractivity (Wildman–Crippen MR) is 88.6 cm³/mol. The van der Waals surface area contributed by atoms with Crippen LogP contribution in [-0.2, 0) is 4.74 Å². The molecule has 2 aliphatic heterocycles. The number of ether oxygens (including phenoxy) is 1. The molecule has 0 N–H and O–H groups in total. The first kappa shape index (κ1) is 14.4. The molecule has 2 aromatic heterocycles. The highest BCUT2D eigenvalue weighted by molar-refractivity contribution is 5.41. The van der Waals surface area contributed by atoms with Crippen LogP contribution >= 0.6 is 0 Å². The first-order valence-electron chi connectivity index (χ1n) is 8.10. The molecule has 0 aliphatic carbocycles. The van der Waals surface area contributed by atoms with Crippen LogP contribution in [0.3, 0.4) is 0 Å². The third kappa shape index (κ3) is 2.99. The minimum Gasteiger partial charge on any atom is -0.379 e. The SMILES string of the molecule is c1ccc(N2CC[C@@]3(COCCN(c4ncccn4)C3)C2)nc1. The van der Waals surface area contributed by atoms with Gasteiger partial charge in [0, 0.05) is 50.2 Å². The first-order chi connectivity index (χ1) is 11.3. The molecule has 0 radical (unpaired) electrons. The lowest BCUT2D eigenvalue weighted by molar-refractivity contribution is 0.0812. The Hall–Kier alpha value is -2.21. The fourth-order valence-corrected chi connectivity index (χ4v) is 3.54. The molecule has 1 spiro atoms. The van der Waals surface area contributed by atoms with E-state index in [2.05, 4.69) is 30.8 Å². The van der Waals surface area contributed by atoms with E-state index in [1.807, 2.05) is 24.4 Å². The van der Waals surface area contributed by atoms with E-state index in [4.69, 9.17) is 4.74 Å². The molecule has 2 saturated heterocycles. The second kappa shape index (κ2) is 6.12. The number of rotatable bonds is 2. The van der Waals surface area contributed by atoms with Crippen LogP contribution in [0, 0.1) is 5.41 Å². The van der Waals surface area contributed by atoms with E-state index in [1.165, 1.54) is 0 Å². The van der Waals surface area contributed by atoms with Gasteiger partial charge in [-0.2, -0.15) is 0 Å². The third-order valence-corrected chi connectivity index (χ3v) is 4.69. The van der Waals surface area contributed by atoms with E-state index in [9.17, 15) is 0 Å². The summed E-state index contributed by atoms with van der Waals surface area (Å²) in [6, 6.07) is 7.93. The lowest BCUT2D eigenvalue weighted by Gasteiger charge is -2.31. The summed E-state index contributed by atoms with van der Waals surface area (Å²) >= 11 is 0. The van der Waals surface area contributed by atoms with Crippen molar-refractivity contribution in [3.8, 4) is 0 Å². The van der Waals surface area contributed by atoms with Gasteiger partial charge in [0.25, 0.3) is 0 Å². The summed E-state index contributed by atoms with van der Waals surface area (Å²) in [4.78, 5) is 17.9. The Morgan fingerprint density at radius 2 is 1.74 bits per heavy atom. The van der Waals surface area contributed by atoms with Gasteiger partial charge in [0.2, 0.25) is 5.95 Å². The molecule has 4 rings (SSSR count). The van der Waals surface area contributed by atoms with Crippen molar-refractivity contribution in [2.24, 2.45) is 5.41 Å². The zero-order chi connectivity index (χ0) is 15.5.